The van der Waals surface area contributed by atoms with Crippen LogP contribution in [-0.2, 0) is 8.85 Å². The van der Waals surface area contributed by atoms with E-state index in [2.05, 4.69) is 94.6 Å². The third-order valence-electron chi connectivity index (χ3n) is 7.99. The standard InChI is InChI=1S/C28H50N2O4Si2/c1-18(2)35(19(3)4,20(5)6)33-24(13)28(30-29)26(31)16-27(25-14-15-32-17-25)34-36(21(7)8,22(9)10)23(11)12/h14-15,17-23,27H,13,16H2,1-12H3/p+1/b28-26+. The van der Waals surface area contributed by atoms with Crippen molar-refractivity contribution in [3.05, 3.63) is 52.9 Å². The van der Waals surface area contributed by atoms with Gasteiger partial charge in [-0.25, -0.2) is 0 Å². The zero-order chi connectivity index (χ0) is 28.0. The molecule has 1 rings (SSSR count). The van der Waals surface area contributed by atoms with Crippen molar-refractivity contribution in [1.29, 1.82) is 5.39 Å². The summed E-state index contributed by atoms with van der Waals surface area (Å²) < 4.78 is 19.0. The molecule has 0 bridgehead atoms. The molecule has 1 atom stereocenters. The average molecular weight is 536 g/mol. The van der Waals surface area contributed by atoms with Crippen molar-refractivity contribution in [2.24, 2.45) is 0 Å². The summed E-state index contributed by atoms with van der Waals surface area (Å²) in [6, 6.07) is 1.87. The van der Waals surface area contributed by atoms with Crippen molar-refractivity contribution < 1.29 is 18.4 Å². The third kappa shape index (κ3) is 6.53. The number of furan rings is 1. The fourth-order valence-electron chi connectivity index (χ4n) is 6.50. The minimum atomic E-state index is -2.35. The quantitative estimate of drug-likeness (QED) is 0.111. The van der Waals surface area contributed by atoms with E-state index in [0.717, 1.165) is 5.56 Å². The Kier molecular flexibility index (Phi) is 11.7. The van der Waals surface area contributed by atoms with Gasteiger partial charge in [-0.2, -0.15) is 0 Å². The molecule has 1 heterocycles. The van der Waals surface area contributed by atoms with Gasteiger partial charge in [0, 0.05) is 12.0 Å². The molecule has 0 saturated heterocycles. The molecule has 204 valence electrons. The van der Waals surface area contributed by atoms with Crippen LogP contribution in [0.2, 0.25) is 33.2 Å². The molecule has 8 heteroatoms. The molecular weight excluding hydrogens is 484 g/mol. The fourth-order valence-corrected chi connectivity index (χ4v) is 17.3. The summed E-state index contributed by atoms with van der Waals surface area (Å²) in [5.74, 6) is 0.107. The minimum absolute atomic E-state index is 0.0168. The van der Waals surface area contributed by atoms with Crippen molar-refractivity contribution in [1.82, 2.24) is 0 Å². The van der Waals surface area contributed by atoms with E-state index >= 15 is 0 Å². The lowest BCUT2D eigenvalue weighted by atomic mass is 10.1. The van der Waals surface area contributed by atoms with Gasteiger partial charge in [0.15, 0.2) is 16.5 Å². The second-order valence-corrected chi connectivity index (χ2v) is 22.7. The molecule has 0 aromatic carbocycles. The van der Waals surface area contributed by atoms with Gasteiger partial charge in [0.1, 0.15) is 0 Å². The van der Waals surface area contributed by atoms with Gasteiger partial charge in [-0.1, -0.05) is 83.1 Å². The molecule has 0 spiro atoms. The van der Waals surface area contributed by atoms with Gasteiger partial charge in [-0.05, 0) is 45.9 Å². The van der Waals surface area contributed by atoms with E-state index in [0.29, 0.717) is 33.2 Å². The van der Waals surface area contributed by atoms with Crippen molar-refractivity contribution in [2.75, 3.05) is 0 Å². The summed E-state index contributed by atoms with van der Waals surface area (Å²) in [5, 5.41) is 21.2. The topological polar surface area (TPSA) is 80.0 Å². The lowest BCUT2D eigenvalue weighted by Crippen LogP contribution is -2.48. The predicted molar refractivity (Wildman–Crippen MR) is 154 cm³/mol. The monoisotopic (exact) mass is 535 g/mol. The highest BCUT2D eigenvalue weighted by molar-refractivity contribution is 6.78. The second kappa shape index (κ2) is 13.1. The molecule has 1 N–H and O–H groups in total. The fraction of sp³-hybridized carbons (Fsp3) is 0.714. The van der Waals surface area contributed by atoms with Crippen LogP contribution in [0, 0.1) is 5.39 Å². The first-order valence-electron chi connectivity index (χ1n) is 13.4. The Morgan fingerprint density at radius 2 is 1.33 bits per heavy atom. The molecule has 1 unspecified atom stereocenters. The molecule has 0 aliphatic heterocycles. The van der Waals surface area contributed by atoms with E-state index in [1.165, 1.54) is 0 Å². The van der Waals surface area contributed by atoms with Crippen molar-refractivity contribution >= 4 is 16.6 Å². The highest BCUT2D eigenvalue weighted by Gasteiger charge is 2.50. The van der Waals surface area contributed by atoms with Gasteiger partial charge in [0.05, 0.1) is 18.6 Å². The van der Waals surface area contributed by atoms with Gasteiger partial charge in [-0.15, -0.1) is 0 Å². The second-order valence-electron chi connectivity index (χ2n) is 11.9. The maximum atomic E-state index is 11.3. The number of diazo groups is 1. The molecule has 6 nitrogen and oxygen atoms in total. The normalized spacial score (nSPS) is 14.7. The van der Waals surface area contributed by atoms with E-state index in [1.54, 1.807) is 12.5 Å². The lowest BCUT2D eigenvalue weighted by Gasteiger charge is -2.44. The van der Waals surface area contributed by atoms with Crippen LogP contribution in [-0.4, -0.2) is 21.7 Å². The van der Waals surface area contributed by atoms with Gasteiger partial charge >= 0.3 is 5.70 Å². The van der Waals surface area contributed by atoms with Crippen LogP contribution in [0.25, 0.3) is 4.98 Å². The molecular formula is C28H51N2O4Si2+. The third-order valence-corrected chi connectivity index (χ3v) is 20.1. The number of rotatable bonds is 14. The van der Waals surface area contributed by atoms with Gasteiger partial charge in [0.25, 0.3) is 8.32 Å². The molecule has 0 fully saturated rings. The highest BCUT2D eigenvalue weighted by Crippen LogP contribution is 2.47. The summed E-state index contributed by atoms with van der Waals surface area (Å²) in [5.41, 5.74) is 2.87. The Morgan fingerprint density at radius 3 is 1.67 bits per heavy atom. The Labute approximate surface area is 222 Å². The number of nitrogens with zero attached hydrogens (tertiary/aromatic N) is 2. The summed E-state index contributed by atoms with van der Waals surface area (Å²) >= 11 is 0. The number of hydrogen-bond donors (Lipinski definition) is 1. The Balaban J connectivity index is 3.50. The molecule has 36 heavy (non-hydrogen) atoms. The van der Waals surface area contributed by atoms with Crippen molar-refractivity contribution in [3.63, 3.8) is 0 Å². The van der Waals surface area contributed by atoms with E-state index < -0.39 is 22.7 Å². The van der Waals surface area contributed by atoms with Gasteiger partial charge < -0.3 is 18.4 Å². The maximum absolute atomic E-state index is 11.3. The van der Waals surface area contributed by atoms with Crippen LogP contribution in [0.3, 0.4) is 0 Å². The Morgan fingerprint density at radius 1 is 0.889 bits per heavy atom. The zero-order valence-electron chi connectivity index (χ0n) is 24.8. The molecule has 0 aliphatic rings. The SMILES string of the molecule is C=C(O[Si](C(C)C)(C(C)C)C(C)C)/C([N+]#N)=C(\O)CC(O[Si](C(C)C)(C(C)C)C(C)C)c1ccoc1. The first-order valence-corrected chi connectivity index (χ1v) is 17.7. The van der Waals surface area contributed by atoms with Crippen LogP contribution in [0.1, 0.15) is 101 Å². The minimum Gasteiger partial charge on any atom is -0.538 e. The summed E-state index contributed by atoms with van der Waals surface area (Å²) in [6.45, 7) is 30.5. The molecule has 1 aromatic rings. The summed E-state index contributed by atoms with van der Waals surface area (Å²) in [6.07, 6.45) is 2.95. The average Bonchev–Trinajstić information content (AvgIpc) is 3.28. The Bertz CT molecular complexity index is 869. The molecule has 1 aromatic heterocycles. The van der Waals surface area contributed by atoms with Crippen LogP contribution in [0.4, 0.5) is 0 Å². The number of aliphatic hydroxyl groups excluding tert-OH is 1. The maximum Gasteiger partial charge on any atom is 0.461 e. The predicted octanol–water partition coefficient (Wildman–Crippen LogP) is 10.2. The molecule has 0 amide bonds. The summed E-state index contributed by atoms with van der Waals surface area (Å²) in [4.78, 5) is 3.45. The molecule has 0 saturated carbocycles. The lowest BCUT2D eigenvalue weighted by molar-refractivity contribution is 0.158. The first kappa shape index (κ1) is 32.2. The van der Waals surface area contributed by atoms with Gasteiger partial charge in [-0.3, -0.25) is 0 Å². The van der Waals surface area contributed by atoms with E-state index in [4.69, 9.17) is 13.3 Å². The van der Waals surface area contributed by atoms with E-state index in [-0.39, 0.29) is 23.6 Å². The van der Waals surface area contributed by atoms with Crippen molar-refractivity contribution in [3.8, 4) is 0 Å². The Hall–Kier alpha value is -1.83. The van der Waals surface area contributed by atoms with E-state index in [9.17, 15) is 10.5 Å². The molecule has 0 aliphatic carbocycles. The van der Waals surface area contributed by atoms with Crippen LogP contribution in [0.15, 0.2) is 46.8 Å². The van der Waals surface area contributed by atoms with Crippen LogP contribution < -0.4 is 0 Å². The van der Waals surface area contributed by atoms with E-state index in [1.807, 2.05) is 6.07 Å². The molecule has 0 radical (unpaired) electrons. The van der Waals surface area contributed by atoms with Gasteiger partial charge in [0.2, 0.25) is 13.7 Å². The number of aliphatic hydroxyl groups is 1. The summed E-state index contributed by atoms with van der Waals surface area (Å²) in [7, 11) is -4.63. The largest absolute Gasteiger partial charge is 0.538 e. The highest BCUT2D eigenvalue weighted by atomic mass is 28.4. The van der Waals surface area contributed by atoms with Crippen LogP contribution >= 0.6 is 0 Å². The van der Waals surface area contributed by atoms with Crippen LogP contribution in [0.5, 0.6) is 0 Å². The first-order chi connectivity index (χ1) is 16.6. The zero-order valence-corrected chi connectivity index (χ0v) is 26.8. The number of hydrogen-bond acceptors (Lipinski definition) is 5. The van der Waals surface area contributed by atoms with Crippen molar-refractivity contribution in [2.45, 2.75) is 129 Å². The smallest absolute Gasteiger partial charge is 0.461 e.